The number of hydrogen-bond acceptors (Lipinski definition) is 2. The molecular weight excluding hydrogens is 172 g/mol. The Kier molecular flexibility index (Phi) is 2.81. The minimum absolute atomic E-state index is 0.0671. The average molecular weight is 190 g/mol. The van der Waals surface area contributed by atoms with Gasteiger partial charge in [0.05, 0.1) is 11.0 Å². The highest BCUT2D eigenvalue weighted by Crippen LogP contribution is 2.33. The Morgan fingerprint density at radius 3 is 2.33 bits per heavy atom. The van der Waals surface area contributed by atoms with Crippen molar-refractivity contribution in [1.29, 1.82) is 0 Å². The van der Waals surface area contributed by atoms with Gasteiger partial charge < -0.3 is 0 Å². The van der Waals surface area contributed by atoms with Crippen LogP contribution < -0.4 is 0 Å². The van der Waals surface area contributed by atoms with Crippen LogP contribution in [0.25, 0.3) is 0 Å². The van der Waals surface area contributed by atoms with Crippen LogP contribution in [0.3, 0.4) is 0 Å². The van der Waals surface area contributed by atoms with E-state index in [1.165, 1.54) is 0 Å². The quantitative estimate of drug-likeness (QED) is 0.666. The SMILES string of the molecule is CCC1CCS(=O)(=O)C1C(C)C. The van der Waals surface area contributed by atoms with Gasteiger partial charge in [0, 0.05) is 0 Å². The highest BCUT2D eigenvalue weighted by molar-refractivity contribution is 7.92. The first-order valence-electron chi connectivity index (χ1n) is 4.70. The van der Waals surface area contributed by atoms with E-state index in [4.69, 9.17) is 0 Å². The molecule has 0 spiro atoms. The number of hydrogen-bond donors (Lipinski definition) is 0. The van der Waals surface area contributed by atoms with Gasteiger partial charge in [-0.25, -0.2) is 8.42 Å². The number of rotatable bonds is 2. The molecule has 1 saturated heterocycles. The summed E-state index contributed by atoms with van der Waals surface area (Å²) in [4.78, 5) is 0. The monoisotopic (exact) mass is 190 g/mol. The smallest absolute Gasteiger partial charge is 0.153 e. The molecule has 1 aliphatic rings. The van der Waals surface area contributed by atoms with Crippen LogP contribution in [-0.4, -0.2) is 19.4 Å². The van der Waals surface area contributed by atoms with E-state index in [0.717, 1.165) is 12.8 Å². The Labute approximate surface area is 75.3 Å². The Bertz CT molecular complexity index is 241. The third kappa shape index (κ3) is 1.65. The van der Waals surface area contributed by atoms with Crippen LogP contribution in [0.15, 0.2) is 0 Å². The molecule has 1 aliphatic heterocycles. The van der Waals surface area contributed by atoms with Gasteiger partial charge in [-0.05, 0) is 18.3 Å². The van der Waals surface area contributed by atoms with Crippen LogP contribution in [0.2, 0.25) is 0 Å². The van der Waals surface area contributed by atoms with Gasteiger partial charge >= 0.3 is 0 Å². The second kappa shape index (κ2) is 3.36. The normalized spacial score (nSPS) is 34.3. The van der Waals surface area contributed by atoms with E-state index >= 15 is 0 Å². The second-order valence-electron chi connectivity index (χ2n) is 4.03. The molecule has 3 heteroatoms. The van der Waals surface area contributed by atoms with Crippen molar-refractivity contribution in [2.24, 2.45) is 11.8 Å². The van der Waals surface area contributed by atoms with E-state index in [9.17, 15) is 8.42 Å². The molecule has 0 aliphatic carbocycles. The third-order valence-electron chi connectivity index (χ3n) is 2.83. The largest absolute Gasteiger partial charge is 0.229 e. The summed E-state index contributed by atoms with van der Waals surface area (Å²) in [5.74, 6) is 1.10. The third-order valence-corrected chi connectivity index (χ3v) is 5.40. The van der Waals surface area contributed by atoms with Crippen molar-refractivity contribution in [2.45, 2.75) is 38.9 Å². The van der Waals surface area contributed by atoms with Crippen molar-refractivity contribution in [1.82, 2.24) is 0 Å². The van der Waals surface area contributed by atoms with Gasteiger partial charge in [0.1, 0.15) is 0 Å². The fourth-order valence-electron chi connectivity index (χ4n) is 2.30. The van der Waals surface area contributed by atoms with Crippen LogP contribution in [0, 0.1) is 11.8 Å². The van der Waals surface area contributed by atoms with Crippen LogP contribution in [0.4, 0.5) is 0 Å². The van der Waals surface area contributed by atoms with Crippen molar-refractivity contribution in [3.05, 3.63) is 0 Å². The van der Waals surface area contributed by atoms with Gasteiger partial charge in [-0.1, -0.05) is 27.2 Å². The van der Waals surface area contributed by atoms with Gasteiger partial charge in [0.25, 0.3) is 0 Å². The van der Waals surface area contributed by atoms with E-state index in [2.05, 4.69) is 6.92 Å². The lowest BCUT2D eigenvalue weighted by atomic mass is 9.92. The predicted octanol–water partition coefficient (Wildman–Crippen LogP) is 1.86. The molecular formula is C9H18O2S. The summed E-state index contributed by atoms with van der Waals surface area (Å²) in [6.07, 6.45) is 1.88. The zero-order valence-electron chi connectivity index (χ0n) is 8.08. The maximum Gasteiger partial charge on any atom is 0.153 e. The molecule has 0 aromatic heterocycles. The lowest BCUT2D eigenvalue weighted by Gasteiger charge is -2.20. The molecule has 2 nitrogen and oxygen atoms in total. The summed E-state index contributed by atoms with van der Waals surface area (Å²) >= 11 is 0. The standard InChI is InChI=1S/C9H18O2S/c1-4-8-5-6-12(10,11)9(8)7(2)3/h7-9H,4-6H2,1-3H3. The van der Waals surface area contributed by atoms with E-state index in [1.54, 1.807) is 0 Å². The first-order chi connectivity index (χ1) is 5.49. The topological polar surface area (TPSA) is 34.1 Å². The molecule has 12 heavy (non-hydrogen) atoms. The Balaban J connectivity index is 2.88. The molecule has 2 atom stereocenters. The fraction of sp³-hybridized carbons (Fsp3) is 1.00. The molecule has 72 valence electrons. The molecule has 0 aromatic carbocycles. The molecule has 0 amide bonds. The maximum atomic E-state index is 11.6. The van der Waals surface area contributed by atoms with E-state index < -0.39 is 9.84 Å². The average Bonchev–Trinajstić information content (AvgIpc) is 2.24. The summed E-state index contributed by atoms with van der Waals surface area (Å²) in [5.41, 5.74) is 0. The van der Waals surface area contributed by atoms with Crippen LogP contribution in [0.5, 0.6) is 0 Å². The van der Waals surface area contributed by atoms with Crippen molar-refractivity contribution < 1.29 is 8.42 Å². The molecule has 1 heterocycles. The molecule has 0 aromatic rings. The minimum atomic E-state index is -2.75. The van der Waals surface area contributed by atoms with Gasteiger partial charge in [-0.2, -0.15) is 0 Å². The number of sulfone groups is 1. The summed E-state index contributed by atoms with van der Waals surface area (Å²) < 4.78 is 23.1. The van der Waals surface area contributed by atoms with Gasteiger partial charge in [-0.3, -0.25) is 0 Å². The first-order valence-corrected chi connectivity index (χ1v) is 6.42. The van der Waals surface area contributed by atoms with Crippen molar-refractivity contribution in [3.63, 3.8) is 0 Å². The molecule has 0 radical (unpaired) electrons. The Hall–Kier alpha value is -0.0500. The van der Waals surface area contributed by atoms with Crippen molar-refractivity contribution >= 4 is 9.84 Å². The van der Waals surface area contributed by atoms with E-state index in [-0.39, 0.29) is 11.2 Å². The Morgan fingerprint density at radius 2 is 2.00 bits per heavy atom. The van der Waals surface area contributed by atoms with Gasteiger partial charge in [0.2, 0.25) is 0 Å². The maximum absolute atomic E-state index is 11.6. The summed E-state index contributed by atoms with van der Waals surface area (Å²) in [6, 6.07) is 0. The molecule has 0 saturated carbocycles. The van der Waals surface area contributed by atoms with Crippen molar-refractivity contribution in [2.75, 3.05) is 5.75 Å². The summed E-state index contributed by atoms with van der Waals surface area (Å²) in [7, 11) is -2.75. The lowest BCUT2D eigenvalue weighted by molar-refractivity contribution is 0.414. The van der Waals surface area contributed by atoms with E-state index in [0.29, 0.717) is 11.7 Å². The summed E-state index contributed by atoms with van der Waals surface area (Å²) in [5, 5.41) is -0.0671. The van der Waals surface area contributed by atoms with Gasteiger partial charge in [-0.15, -0.1) is 0 Å². The molecule has 2 unspecified atom stereocenters. The lowest BCUT2D eigenvalue weighted by Crippen LogP contribution is -2.27. The second-order valence-corrected chi connectivity index (χ2v) is 6.31. The molecule has 1 rings (SSSR count). The van der Waals surface area contributed by atoms with E-state index in [1.807, 2.05) is 13.8 Å². The molecule has 0 bridgehead atoms. The Morgan fingerprint density at radius 1 is 1.42 bits per heavy atom. The van der Waals surface area contributed by atoms with Crippen LogP contribution in [0.1, 0.15) is 33.6 Å². The highest BCUT2D eigenvalue weighted by atomic mass is 32.2. The van der Waals surface area contributed by atoms with Crippen LogP contribution >= 0.6 is 0 Å². The van der Waals surface area contributed by atoms with Gasteiger partial charge in [0.15, 0.2) is 9.84 Å². The predicted molar refractivity (Wildman–Crippen MR) is 50.8 cm³/mol. The highest BCUT2D eigenvalue weighted by Gasteiger charge is 2.40. The van der Waals surface area contributed by atoms with Crippen molar-refractivity contribution in [3.8, 4) is 0 Å². The first kappa shape index (κ1) is 10.0. The fourth-order valence-corrected chi connectivity index (χ4v) is 4.95. The minimum Gasteiger partial charge on any atom is -0.229 e. The molecule has 1 fully saturated rings. The summed E-state index contributed by atoms with van der Waals surface area (Å²) in [6.45, 7) is 6.10. The molecule has 0 N–H and O–H groups in total. The van der Waals surface area contributed by atoms with Crippen LogP contribution in [-0.2, 0) is 9.84 Å². The zero-order valence-corrected chi connectivity index (χ0v) is 8.89. The zero-order chi connectivity index (χ0) is 9.35.